The lowest BCUT2D eigenvalue weighted by Crippen LogP contribution is -2.58. The molecule has 1 unspecified atom stereocenters. The Balaban J connectivity index is 1.43. The van der Waals surface area contributed by atoms with Crippen LogP contribution < -0.4 is 0 Å². The van der Waals surface area contributed by atoms with Crippen LogP contribution in [0.1, 0.15) is 41.8 Å². The van der Waals surface area contributed by atoms with Crippen LogP contribution in [-0.2, 0) is 9.53 Å². The maximum absolute atomic E-state index is 12.8. The van der Waals surface area contributed by atoms with Crippen molar-refractivity contribution in [3.63, 3.8) is 0 Å². The number of amides is 2. The van der Waals surface area contributed by atoms with Crippen LogP contribution in [0.15, 0.2) is 17.5 Å². The lowest BCUT2D eigenvalue weighted by Gasteiger charge is -2.47. The third kappa shape index (κ3) is 2.97. The van der Waals surface area contributed by atoms with Gasteiger partial charge in [0.05, 0.1) is 4.88 Å². The fourth-order valence-corrected chi connectivity index (χ4v) is 5.07. The van der Waals surface area contributed by atoms with Gasteiger partial charge in [0.2, 0.25) is 0 Å². The molecule has 0 saturated carbocycles. The Morgan fingerprint density at radius 2 is 2.08 bits per heavy atom. The molecular weight excluding hydrogens is 324 g/mol. The van der Waals surface area contributed by atoms with Gasteiger partial charge in [0.15, 0.2) is 0 Å². The molecule has 0 aliphatic carbocycles. The molecular formula is C18H24N2O3S. The number of hydrogen-bond acceptors (Lipinski definition) is 4. The van der Waals surface area contributed by atoms with Crippen molar-refractivity contribution < 1.29 is 14.3 Å². The van der Waals surface area contributed by atoms with Gasteiger partial charge in [0.1, 0.15) is 6.10 Å². The van der Waals surface area contributed by atoms with Crippen LogP contribution in [-0.4, -0.2) is 60.0 Å². The second-order valence-electron chi connectivity index (χ2n) is 7.02. The standard InChI is InChI=1S/C18H24N2O3S/c21-17(15-5-2-10-23-15)20-8-1-4-13-12-19(9-7-14(13)20)18(22)16-6-3-11-24-16/h3,6,11,13-15H,1-2,4-5,7-10,12H2/t13-,14+,15?/m1/s1. The van der Waals surface area contributed by atoms with Crippen molar-refractivity contribution in [1.82, 2.24) is 9.80 Å². The van der Waals surface area contributed by atoms with Crippen LogP contribution in [0.5, 0.6) is 0 Å². The second-order valence-corrected chi connectivity index (χ2v) is 7.97. The molecule has 0 radical (unpaired) electrons. The predicted molar refractivity (Wildman–Crippen MR) is 92.0 cm³/mol. The molecule has 2 amide bonds. The van der Waals surface area contributed by atoms with Gasteiger partial charge in [-0.1, -0.05) is 6.07 Å². The van der Waals surface area contributed by atoms with Gasteiger partial charge in [-0.2, -0.15) is 0 Å². The van der Waals surface area contributed by atoms with E-state index in [0.717, 1.165) is 56.6 Å². The van der Waals surface area contributed by atoms with Crippen LogP contribution in [0.2, 0.25) is 0 Å². The first-order valence-corrected chi connectivity index (χ1v) is 9.87. The highest BCUT2D eigenvalue weighted by Crippen LogP contribution is 2.33. The van der Waals surface area contributed by atoms with E-state index in [1.165, 1.54) is 11.3 Å². The Morgan fingerprint density at radius 3 is 2.83 bits per heavy atom. The zero-order valence-corrected chi connectivity index (χ0v) is 14.7. The highest BCUT2D eigenvalue weighted by molar-refractivity contribution is 7.12. The van der Waals surface area contributed by atoms with E-state index in [2.05, 4.69) is 4.90 Å². The van der Waals surface area contributed by atoms with E-state index in [1.54, 1.807) is 0 Å². The summed E-state index contributed by atoms with van der Waals surface area (Å²) in [5, 5.41) is 1.95. The van der Waals surface area contributed by atoms with Gasteiger partial charge in [-0.15, -0.1) is 11.3 Å². The van der Waals surface area contributed by atoms with Crippen LogP contribution in [0.4, 0.5) is 0 Å². The molecule has 0 aromatic carbocycles. The van der Waals surface area contributed by atoms with E-state index in [1.807, 2.05) is 22.4 Å². The summed E-state index contributed by atoms with van der Waals surface area (Å²) in [7, 11) is 0. The minimum Gasteiger partial charge on any atom is -0.368 e. The Morgan fingerprint density at radius 1 is 1.17 bits per heavy atom. The first-order valence-electron chi connectivity index (χ1n) is 8.99. The van der Waals surface area contributed by atoms with Gasteiger partial charge in [0, 0.05) is 32.3 Å². The number of rotatable bonds is 2. The Labute approximate surface area is 146 Å². The SMILES string of the molecule is O=C(c1cccs1)N1CC[C@H]2[C@H](CCCN2C(=O)C2CCCO2)C1. The van der Waals surface area contributed by atoms with Crippen LogP contribution in [0.3, 0.4) is 0 Å². The average Bonchev–Trinajstić information content (AvgIpc) is 3.32. The van der Waals surface area contributed by atoms with Gasteiger partial charge in [-0.05, 0) is 49.5 Å². The first kappa shape index (κ1) is 16.1. The maximum Gasteiger partial charge on any atom is 0.263 e. The molecule has 3 fully saturated rings. The lowest BCUT2D eigenvalue weighted by atomic mass is 9.83. The van der Waals surface area contributed by atoms with Crippen molar-refractivity contribution in [2.75, 3.05) is 26.2 Å². The molecule has 24 heavy (non-hydrogen) atoms. The number of ether oxygens (including phenoxy) is 1. The average molecular weight is 348 g/mol. The predicted octanol–water partition coefficient (Wildman–Crippen LogP) is 2.38. The van der Waals surface area contributed by atoms with Gasteiger partial charge >= 0.3 is 0 Å². The Hall–Kier alpha value is -1.40. The summed E-state index contributed by atoms with van der Waals surface area (Å²) in [6.07, 6.45) is 4.64. The van der Waals surface area contributed by atoms with Crippen molar-refractivity contribution in [3.8, 4) is 0 Å². The van der Waals surface area contributed by atoms with Gasteiger partial charge < -0.3 is 14.5 Å². The van der Waals surface area contributed by atoms with Gasteiger partial charge in [-0.25, -0.2) is 0 Å². The Kier molecular flexibility index (Phi) is 4.59. The monoisotopic (exact) mass is 348 g/mol. The van der Waals surface area contributed by atoms with E-state index < -0.39 is 0 Å². The molecule has 0 bridgehead atoms. The fraction of sp³-hybridized carbons (Fsp3) is 0.667. The molecule has 3 atom stereocenters. The minimum absolute atomic E-state index is 0.144. The molecule has 1 aromatic rings. The number of carbonyl (C=O) groups is 2. The number of thiophene rings is 1. The fourth-order valence-electron chi connectivity index (χ4n) is 4.38. The van der Waals surface area contributed by atoms with E-state index in [0.29, 0.717) is 12.5 Å². The third-order valence-corrected chi connectivity index (χ3v) is 6.43. The second kappa shape index (κ2) is 6.84. The smallest absolute Gasteiger partial charge is 0.263 e. The van der Waals surface area contributed by atoms with E-state index in [-0.39, 0.29) is 24.0 Å². The highest BCUT2D eigenvalue weighted by Gasteiger charge is 2.41. The summed E-state index contributed by atoms with van der Waals surface area (Å²) in [6, 6.07) is 4.10. The Bertz CT molecular complexity index is 597. The van der Waals surface area contributed by atoms with Gasteiger partial charge in [-0.3, -0.25) is 9.59 Å². The highest BCUT2D eigenvalue weighted by atomic mass is 32.1. The van der Waals surface area contributed by atoms with E-state index >= 15 is 0 Å². The summed E-state index contributed by atoms with van der Waals surface area (Å²) in [5.41, 5.74) is 0. The molecule has 5 nitrogen and oxygen atoms in total. The first-order chi connectivity index (χ1) is 11.7. The van der Waals surface area contributed by atoms with Crippen LogP contribution in [0, 0.1) is 5.92 Å². The topological polar surface area (TPSA) is 49.9 Å². The lowest BCUT2D eigenvalue weighted by molar-refractivity contribution is -0.147. The molecule has 1 aromatic heterocycles. The van der Waals surface area contributed by atoms with Crippen LogP contribution >= 0.6 is 11.3 Å². The van der Waals surface area contributed by atoms with Crippen molar-refractivity contribution in [1.29, 1.82) is 0 Å². The zero-order chi connectivity index (χ0) is 16.5. The van der Waals surface area contributed by atoms with Crippen molar-refractivity contribution >= 4 is 23.2 Å². The number of piperidine rings is 2. The number of likely N-dealkylation sites (tertiary alicyclic amines) is 2. The number of fused-ring (bicyclic) bond motifs is 1. The normalized spacial score (nSPS) is 30.2. The molecule has 3 aliphatic heterocycles. The van der Waals surface area contributed by atoms with E-state index in [4.69, 9.17) is 4.74 Å². The summed E-state index contributed by atoms with van der Waals surface area (Å²) < 4.78 is 5.60. The van der Waals surface area contributed by atoms with Crippen LogP contribution in [0.25, 0.3) is 0 Å². The number of nitrogens with zero attached hydrogens (tertiary/aromatic N) is 2. The molecule has 3 saturated heterocycles. The summed E-state index contributed by atoms with van der Waals surface area (Å²) in [4.78, 5) is 30.2. The number of carbonyl (C=O) groups excluding carboxylic acids is 2. The third-order valence-electron chi connectivity index (χ3n) is 5.58. The van der Waals surface area contributed by atoms with E-state index in [9.17, 15) is 9.59 Å². The minimum atomic E-state index is -0.227. The van der Waals surface area contributed by atoms with Crippen molar-refractivity contribution in [2.45, 2.75) is 44.2 Å². The number of hydrogen-bond donors (Lipinski definition) is 0. The van der Waals surface area contributed by atoms with Gasteiger partial charge in [0.25, 0.3) is 11.8 Å². The summed E-state index contributed by atoms with van der Waals surface area (Å²) in [5.74, 6) is 0.730. The maximum atomic E-state index is 12.8. The molecule has 4 rings (SSSR count). The zero-order valence-electron chi connectivity index (χ0n) is 13.9. The summed E-state index contributed by atoms with van der Waals surface area (Å²) >= 11 is 1.50. The molecule has 130 valence electrons. The summed E-state index contributed by atoms with van der Waals surface area (Å²) in [6.45, 7) is 3.07. The largest absolute Gasteiger partial charge is 0.368 e. The molecule has 6 heteroatoms. The van der Waals surface area contributed by atoms with Crippen molar-refractivity contribution in [3.05, 3.63) is 22.4 Å². The molecule has 0 spiro atoms. The van der Waals surface area contributed by atoms with Crippen molar-refractivity contribution in [2.24, 2.45) is 5.92 Å². The quantitative estimate of drug-likeness (QED) is 0.824. The molecule has 0 N–H and O–H groups in total. The molecule has 3 aliphatic rings. The molecule has 4 heterocycles.